The molecule has 0 aromatic heterocycles. The van der Waals surface area contributed by atoms with E-state index in [0.29, 0.717) is 5.56 Å². The summed E-state index contributed by atoms with van der Waals surface area (Å²) < 4.78 is 0. The van der Waals surface area contributed by atoms with Crippen molar-refractivity contribution in [3.8, 4) is 6.07 Å². The van der Waals surface area contributed by atoms with E-state index in [1.807, 2.05) is 19.2 Å². The molecular weight excluding hydrogens is 224 g/mol. The van der Waals surface area contributed by atoms with E-state index in [-0.39, 0.29) is 11.3 Å². The number of rotatable bonds is 2. The Bertz CT molecular complexity index is 478. The predicted molar refractivity (Wildman–Crippen MR) is 71.1 cm³/mol. The van der Waals surface area contributed by atoms with Gasteiger partial charge in [0.2, 0.25) is 5.91 Å². The van der Waals surface area contributed by atoms with E-state index >= 15 is 0 Å². The molecule has 0 unspecified atom stereocenters. The van der Waals surface area contributed by atoms with Gasteiger partial charge in [0, 0.05) is 18.2 Å². The molecule has 1 aromatic rings. The van der Waals surface area contributed by atoms with E-state index in [1.165, 1.54) is 0 Å². The molecule has 1 aliphatic rings. The van der Waals surface area contributed by atoms with Gasteiger partial charge < -0.3 is 4.90 Å². The lowest BCUT2D eigenvalue weighted by atomic mass is 9.87. The Morgan fingerprint density at radius 2 is 1.83 bits per heavy atom. The number of carbonyl (C=O) groups is 1. The van der Waals surface area contributed by atoms with E-state index in [4.69, 9.17) is 5.26 Å². The van der Waals surface area contributed by atoms with E-state index < -0.39 is 0 Å². The number of hydrogen-bond donors (Lipinski definition) is 0. The van der Waals surface area contributed by atoms with Gasteiger partial charge in [-0.3, -0.25) is 4.79 Å². The third-order valence-corrected chi connectivity index (χ3v) is 3.91. The van der Waals surface area contributed by atoms with Crippen molar-refractivity contribution in [3.63, 3.8) is 0 Å². The zero-order valence-corrected chi connectivity index (χ0v) is 10.9. The van der Waals surface area contributed by atoms with Crippen LogP contribution < -0.4 is 4.90 Å². The second kappa shape index (κ2) is 4.81. The number of hydrogen-bond acceptors (Lipinski definition) is 2. The molecular formula is C15H18N2O. The smallest absolute Gasteiger partial charge is 0.232 e. The summed E-state index contributed by atoms with van der Waals surface area (Å²) in [6.07, 6.45) is 4.24. The second-order valence-corrected chi connectivity index (χ2v) is 5.29. The van der Waals surface area contributed by atoms with Gasteiger partial charge in [0.1, 0.15) is 0 Å². The van der Waals surface area contributed by atoms with Crippen molar-refractivity contribution in [2.45, 2.75) is 32.6 Å². The third-order valence-electron chi connectivity index (χ3n) is 3.91. The molecule has 2 rings (SSSR count). The fourth-order valence-electron chi connectivity index (χ4n) is 2.65. The molecule has 1 aliphatic carbocycles. The molecule has 1 amide bonds. The zero-order valence-electron chi connectivity index (χ0n) is 10.9. The minimum atomic E-state index is -0.206. The number of amides is 1. The Morgan fingerprint density at radius 1 is 1.28 bits per heavy atom. The van der Waals surface area contributed by atoms with E-state index in [0.717, 1.165) is 31.4 Å². The molecule has 0 aliphatic heterocycles. The summed E-state index contributed by atoms with van der Waals surface area (Å²) in [5.41, 5.74) is 1.27. The molecule has 1 saturated carbocycles. The minimum Gasteiger partial charge on any atom is -0.315 e. The van der Waals surface area contributed by atoms with Crippen LogP contribution in [0.25, 0.3) is 0 Å². The van der Waals surface area contributed by atoms with Crippen LogP contribution in [0.4, 0.5) is 5.69 Å². The maximum atomic E-state index is 12.5. The lowest BCUT2D eigenvalue weighted by molar-refractivity contribution is -0.126. The van der Waals surface area contributed by atoms with Crippen LogP contribution in [0.5, 0.6) is 0 Å². The van der Waals surface area contributed by atoms with Crippen LogP contribution in [0, 0.1) is 16.7 Å². The van der Waals surface area contributed by atoms with Gasteiger partial charge in [0.05, 0.1) is 11.6 Å². The van der Waals surface area contributed by atoms with Crippen molar-refractivity contribution in [1.82, 2.24) is 0 Å². The SMILES string of the molecule is CN(C(=O)C1(C)CCCC1)c1ccc(C#N)cc1. The highest BCUT2D eigenvalue weighted by Gasteiger charge is 2.38. The number of benzene rings is 1. The quantitative estimate of drug-likeness (QED) is 0.799. The highest BCUT2D eigenvalue weighted by atomic mass is 16.2. The molecule has 1 fully saturated rings. The second-order valence-electron chi connectivity index (χ2n) is 5.29. The van der Waals surface area contributed by atoms with Crippen molar-refractivity contribution < 1.29 is 4.79 Å². The third kappa shape index (κ3) is 2.24. The molecule has 1 aromatic carbocycles. The predicted octanol–water partition coefficient (Wildman–Crippen LogP) is 3.10. The first kappa shape index (κ1) is 12.6. The summed E-state index contributed by atoms with van der Waals surface area (Å²) in [6.45, 7) is 2.06. The summed E-state index contributed by atoms with van der Waals surface area (Å²) in [4.78, 5) is 14.2. The van der Waals surface area contributed by atoms with Gasteiger partial charge >= 0.3 is 0 Å². The molecule has 0 heterocycles. The highest BCUT2D eigenvalue weighted by molar-refractivity contribution is 5.97. The zero-order chi connectivity index (χ0) is 13.2. The first-order chi connectivity index (χ1) is 8.57. The summed E-state index contributed by atoms with van der Waals surface area (Å²) in [6, 6.07) is 9.23. The largest absolute Gasteiger partial charge is 0.315 e. The molecule has 0 spiro atoms. The van der Waals surface area contributed by atoms with Gasteiger partial charge in [-0.1, -0.05) is 19.8 Å². The van der Waals surface area contributed by atoms with Crippen molar-refractivity contribution in [2.24, 2.45) is 5.41 Å². The Hall–Kier alpha value is -1.82. The van der Waals surface area contributed by atoms with Gasteiger partial charge in [-0.05, 0) is 37.1 Å². The van der Waals surface area contributed by atoms with Gasteiger partial charge in [-0.15, -0.1) is 0 Å². The fraction of sp³-hybridized carbons (Fsp3) is 0.467. The molecule has 0 bridgehead atoms. The number of anilines is 1. The van der Waals surface area contributed by atoms with Crippen molar-refractivity contribution in [1.29, 1.82) is 5.26 Å². The van der Waals surface area contributed by atoms with Crippen LogP contribution in [-0.4, -0.2) is 13.0 Å². The van der Waals surface area contributed by atoms with Crippen molar-refractivity contribution >= 4 is 11.6 Å². The van der Waals surface area contributed by atoms with E-state index in [2.05, 4.69) is 13.0 Å². The molecule has 0 radical (unpaired) electrons. The summed E-state index contributed by atoms with van der Waals surface area (Å²) in [5, 5.41) is 8.76. The van der Waals surface area contributed by atoms with Gasteiger partial charge in [0.15, 0.2) is 0 Å². The molecule has 3 heteroatoms. The fourth-order valence-corrected chi connectivity index (χ4v) is 2.65. The van der Waals surface area contributed by atoms with Gasteiger partial charge in [-0.25, -0.2) is 0 Å². The Kier molecular flexibility index (Phi) is 3.38. The van der Waals surface area contributed by atoms with Crippen LogP contribution in [-0.2, 0) is 4.79 Å². The van der Waals surface area contributed by atoms with E-state index in [1.54, 1.807) is 17.0 Å². The maximum Gasteiger partial charge on any atom is 0.232 e. The van der Waals surface area contributed by atoms with E-state index in [9.17, 15) is 4.79 Å². The average molecular weight is 242 g/mol. The normalized spacial score (nSPS) is 17.2. The average Bonchev–Trinajstić information content (AvgIpc) is 2.85. The molecule has 18 heavy (non-hydrogen) atoms. The molecule has 0 atom stereocenters. The summed E-state index contributed by atoms with van der Waals surface area (Å²) in [5.74, 6) is 0.185. The standard InChI is InChI=1S/C15H18N2O/c1-15(9-3-4-10-15)14(18)17(2)13-7-5-12(11-16)6-8-13/h5-8H,3-4,9-10H2,1-2H3. The first-order valence-corrected chi connectivity index (χ1v) is 6.35. The topological polar surface area (TPSA) is 44.1 Å². The van der Waals surface area contributed by atoms with Crippen molar-refractivity contribution in [2.75, 3.05) is 11.9 Å². The lowest BCUT2D eigenvalue weighted by Crippen LogP contribution is -2.38. The molecule has 0 saturated heterocycles. The Morgan fingerprint density at radius 3 is 2.33 bits per heavy atom. The lowest BCUT2D eigenvalue weighted by Gasteiger charge is -2.28. The first-order valence-electron chi connectivity index (χ1n) is 6.35. The van der Waals surface area contributed by atoms with Crippen LogP contribution in [0.1, 0.15) is 38.2 Å². The molecule has 3 nitrogen and oxygen atoms in total. The van der Waals surface area contributed by atoms with Crippen LogP contribution >= 0.6 is 0 Å². The van der Waals surface area contributed by atoms with Crippen LogP contribution in [0.2, 0.25) is 0 Å². The van der Waals surface area contributed by atoms with Crippen LogP contribution in [0.15, 0.2) is 24.3 Å². The van der Waals surface area contributed by atoms with Gasteiger partial charge in [0.25, 0.3) is 0 Å². The maximum absolute atomic E-state index is 12.5. The Labute approximate surface area is 108 Å². The number of carbonyl (C=O) groups excluding carboxylic acids is 1. The van der Waals surface area contributed by atoms with Gasteiger partial charge in [-0.2, -0.15) is 5.26 Å². The van der Waals surface area contributed by atoms with Crippen molar-refractivity contribution in [3.05, 3.63) is 29.8 Å². The summed E-state index contributed by atoms with van der Waals surface area (Å²) >= 11 is 0. The van der Waals surface area contributed by atoms with Crippen LogP contribution in [0.3, 0.4) is 0 Å². The molecule has 94 valence electrons. The Balaban J connectivity index is 2.17. The molecule has 0 N–H and O–H groups in total. The highest BCUT2D eigenvalue weighted by Crippen LogP contribution is 2.39. The summed E-state index contributed by atoms with van der Waals surface area (Å²) in [7, 11) is 1.81. The monoisotopic (exact) mass is 242 g/mol. The number of nitrogens with zero attached hydrogens (tertiary/aromatic N) is 2. The number of nitriles is 1. The minimum absolute atomic E-state index is 0.185.